The number of phosphoric acid groups is 2. The fourth-order valence-corrected chi connectivity index (χ4v) is 12.9. The first-order valence-corrected chi connectivity index (χ1v) is 41.5. The molecule has 552 valence electrons. The Kier molecular flexibility index (Phi) is 64.6. The van der Waals surface area contributed by atoms with Crippen LogP contribution in [-0.2, 0) is 65.4 Å². The average Bonchev–Trinajstić information content (AvgIpc) is 3.24. The highest BCUT2D eigenvalue weighted by atomic mass is 31.2. The number of carbonyl (C=O) groups excluding carboxylic acids is 4. The molecule has 93 heavy (non-hydrogen) atoms. The van der Waals surface area contributed by atoms with E-state index in [9.17, 15) is 43.2 Å². The molecule has 0 saturated heterocycles. The van der Waals surface area contributed by atoms with Crippen molar-refractivity contribution < 1.29 is 80.2 Å². The lowest BCUT2D eigenvalue weighted by molar-refractivity contribution is -0.161. The first kappa shape index (κ1) is 91.1. The maximum absolute atomic E-state index is 13.1. The minimum absolute atomic E-state index is 0.104. The highest BCUT2D eigenvalue weighted by Gasteiger charge is 2.30. The van der Waals surface area contributed by atoms with Crippen molar-refractivity contribution in [3.05, 3.63) is 0 Å². The highest BCUT2D eigenvalue weighted by Crippen LogP contribution is 2.45. The van der Waals surface area contributed by atoms with Crippen LogP contribution in [0.2, 0.25) is 0 Å². The summed E-state index contributed by atoms with van der Waals surface area (Å²) in [5.74, 6) is -0.683. The summed E-state index contributed by atoms with van der Waals surface area (Å²) in [4.78, 5) is 72.6. The molecule has 0 aromatic carbocycles. The molecule has 0 saturated carbocycles. The Hall–Kier alpha value is -1.94. The van der Waals surface area contributed by atoms with Crippen LogP contribution in [0.1, 0.15) is 382 Å². The van der Waals surface area contributed by atoms with Gasteiger partial charge in [-0.2, -0.15) is 0 Å². The number of esters is 4. The van der Waals surface area contributed by atoms with E-state index in [1.54, 1.807) is 0 Å². The van der Waals surface area contributed by atoms with E-state index in [0.717, 1.165) is 95.8 Å². The third kappa shape index (κ3) is 68.4. The van der Waals surface area contributed by atoms with Crippen LogP contribution in [0, 0.1) is 11.8 Å². The van der Waals surface area contributed by atoms with Crippen LogP contribution in [0.4, 0.5) is 0 Å². The zero-order chi connectivity index (χ0) is 68.6. The van der Waals surface area contributed by atoms with E-state index in [2.05, 4.69) is 41.5 Å². The summed E-state index contributed by atoms with van der Waals surface area (Å²) < 4.78 is 68.4. The smallest absolute Gasteiger partial charge is 0.462 e. The number of hydrogen-bond acceptors (Lipinski definition) is 15. The maximum atomic E-state index is 13.1. The van der Waals surface area contributed by atoms with Gasteiger partial charge in [0.2, 0.25) is 0 Å². The molecule has 0 aliphatic carbocycles. The monoisotopic (exact) mass is 1370 g/mol. The molecule has 0 rings (SSSR count). The van der Waals surface area contributed by atoms with Crippen molar-refractivity contribution in [3.8, 4) is 0 Å². The molecule has 0 spiro atoms. The minimum Gasteiger partial charge on any atom is -0.462 e. The van der Waals surface area contributed by atoms with Crippen LogP contribution in [-0.4, -0.2) is 96.7 Å². The summed E-state index contributed by atoms with van der Waals surface area (Å²) in [5, 5.41) is 10.6. The first-order chi connectivity index (χ1) is 44.9. The van der Waals surface area contributed by atoms with Crippen LogP contribution in [0.25, 0.3) is 0 Å². The molecule has 0 aliphatic heterocycles. The first-order valence-electron chi connectivity index (χ1n) is 38.5. The number of hydrogen-bond donors (Lipinski definition) is 3. The van der Waals surface area contributed by atoms with Crippen molar-refractivity contribution in [2.75, 3.05) is 39.6 Å². The van der Waals surface area contributed by atoms with E-state index in [1.165, 1.54) is 199 Å². The zero-order valence-corrected chi connectivity index (χ0v) is 62.3. The lowest BCUT2D eigenvalue weighted by atomic mass is 10.0. The van der Waals surface area contributed by atoms with Crippen LogP contribution < -0.4 is 0 Å². The number of phosphoric ester groups is 2. The van der Waals surface area contributed by atoms with E-state index in [0.29, 0.717) is 31.6 Å². The van der Waals surface area contributed by atoms with Gasteiger partial charge in [0.1, 0.15) is 19.3 Å². The number of carbonyl (C=O) groups is 4. The molecule has 3 N–H and O–H groups in total. The van der Waals surface area contributed by atoms with Gasteiger partial charge >= 0.3 is 39.5 Å². The summed E-state index contributed by atoms with van der Waals surface area (Å²) >= 11 is 0. The van der Waals surface area contributed by atoms with Gasteiger partial charge in [0.15, 0.2) is 12.2 Å². The van der Waals surface area contributed by atoms with E-state index >= 15 is 0 Å². The Morgan fingerprint density at radius 3 is 0.731 bits per heavy atom. The predicted molar refractivity (Wildman–Crippen MR) is 377 cm³/mol. The number of unbranched alkanes of at least 4 members (excludes halogenated alkanes) is 43. The lowest BCUT2D eigenvalue weighted by Crippen LogP contribution is -2.30. The fraction of sp³-hybridized carbons (Fsp3) is 0.946. The number of aliphatic hydroxyl groups is 1. The quantitative estimate of drug-likeness (QED) is 0.0222. The van der Waals surface area contributed by atoms with E-state index in [-0.39, 0.29) is 25.7 Å². The van der Waals surface area contributed by atoms with Gasteiger partial charge in [-0.3, -0.25) is 37.3 Å². The second-order valence-electron chi connectivity index (χ2n) is 27.6. The molecule has 0 aromatic rings. The maximum Gasteiger partial charge on any atom is 0.472 e. The molecule has 5 atom stereocenters. The molecule has 0 aliphatic rings. The zero-order valence-electron chi connectivity index (χ0n) is 60.6. The lowest BCUT2D eigenvalue weighted by Gasteiger charge is -2.21. The van der Waals surface area contributed by atoms with Gasteiger partial charge in [-0.05, 0) is 37.5 Å². The Morgan fingerprint density at radius 2 is 0.495 bits per heavy atom. The molecule has 0 fully saturated rings. The van der Waals surface area contributed by atoms with E-state index < -0.39 is 97.5 Å². The number of rotatable bonds is 73. The van der Waals surface area contributed by atoms with Gasteiger partial charge in [-0.15, -0.1) is 0 Å². The van der Waals surface area contributed by atoms with Crippen LogP contribution in [0.3, 0.4) is 0 Å². The number of ether oxygens (including phenoxy) is 4. The molecule has 19 heteroatoms. The standard InChI is InChI=1S/C74H144O17P2/c1-7-9-11-13-15-17-19-20-21-22-23-24-25-26-27-28-29-33-40-46-52-58-73(78)90-69(62-85-72(77)57-51-45-39-34-30-31-36-42-48-54-66(3)4)64-88-92(80,81)86-60-68(75)61-87-93(82,83)89-65-70(91-74(79)59-53-47-41-35-37-43-49-55-67(5)6)63-84-71(76)56-50-44-38-32-18-16-14-12-10-8-2/h66-70,75H,7-65H2,1-6H3,(H,80,81)(H,82,83)/t68-,69-,70-/m1/s1. The Balaban J connectivity index is 5.17. The third-order valence-corrected chi connectivity index (χ3v) is 19.1. The van der Waals surface area contributed by atoms with Gasteiger partial charge < -0.3 is 33.8 Å². The summed E-state index contributed by atoms with van der Waals surface area (Å²) in [7, 11) is -9.90. The molecular formula is C74H144O17P2. The molecule has 17 nitrogen and oxygen atoms in total. The molecule has 2 unspecified atom stereocenters. The van der Waals surface area contributed by atoms with Crippen molar-refractivity contribution in [3.63, 3.8) is 0 Å². The van der Waals surface area contributed by atoms with Crippen molar-refractivity contribution in [1.29, 1.82) is 0 Å². The summed E-state index contributed by atoms with van der Waals surface area (Å²) in [6, 6.07) is 0. The van der Waals surface area contributed by atoms with Crippen LogP contribution >= 0.6 is 15.6 Å². The molecule has 0 bridgehead atoms. The van der Waals surface area contributed by atoms with E-state index in [4.69, 9.17) is 37.0 Å². The van der Waals surface area contributed by atoms with Crippen molar-refractivity contribution in [2.24, 2.45) is 11.8 Å². The second-order valence-corrected chi connectivity index (χ2v) is 30.5. The largest absolute Gasteiger partial charge is 0.472 e. The van der Waals surface area contributed by atoms with Crippen LogP contribution in [0.5, 0.6) is 0 Å². The SMILES string of the molecule is CCCCCCCCCCCCCCCCCCCCCCCC(=O)O[C@H](COC(=O)CCCCCCCCCCCC(C)C)COP(=O)(O)OC[C@@H](O)COP(=O)(O)OC[C@@H](COC(=O)CCCCCCCCCCCC)OC(=O)CCCCCCCCCC(C)C. The fourth-order valence-electron chi connectivity index (χ4n) is 11.3. The average molecular weight is 1370 g/mol. The minimum atomic E-state index is -4.95. The Morgan fingerprint density at radius 1 is 0.290 bits per heavy atom. The summed E-state index contributed by atoms with van der Waals surface area (Å²) in [6.45, 7) is 9.48. The molecule has 0 aromatic heterocycles. The predicted octanol–water partition coefficient (Wildman–Crippen LogP) is 21.6. The van der Waals surface area contributed by atoms with Gasteiger partial charge in [0, 0.05) is 25.7 Å². The summed E-state index contributed by atoms with van der Waals surface area (Å²) in [5.41, 5.74) is 0. The summed E-state index contributed by atoms with van der Waals surface area (Å²) in [6.07, 6.45) is 53.0. The highest BCUT2D eigenvalue weighted by molar-refractivity contribution is 7.47. The van der Waals surface area contributed by atoms with Crippen molar-refractivity contribution >= 4 is 39.5 Å². The van der Waals surface area contributed by atoms with Crippen LogP contribution in [0.15, 0.2) is 0 Å². The third-order valence-electron chi connectivity index (χ3n) is 17.2. The van der Waals surface area contributed by atoms with Crippen molar-refractivity contribution in [1.82, 2.24) is 0 Å². The number of aliphatic hydroxyl groups excluding tert-OH is 1. The second kappa shape index (κ2) is 66.0. The van der Waals surface area contributed by atoms with Crippen molar-refractivity contribution in [2.45, 2.75) is 400 Å². The Labute approximate surface area is 568 Å². The molecule has 0 radical (unpaired) electrons. The van der Waals surface area contributed by atoms with Gasteiger partial charge in [-0.1, -0.05) is 330 Å². The van der Waals surface area contributed by atoms with Gasteiger partial charge in [0.25, 0.3) is 0 Å². The Bertz CT molecular complexity index is 1800. The topological polar surface area (TPSA) is 237 Å². The molecule has 0 amide bonds. The normalized spacial score (nSPS) is 14.1. The molecule has 0 heterocycles. The van der Waals surface area contributed by atoms with Gasteiger partial charge in [-0.25, -0.2) is 9.13 Å². The van der Waals surface area contributed by atoms with E-state index in [1.807, 2.05) is 0 Å². The van der Waals surface area contributed by atoms with Gasteiger partial charge in [0.05, 0.1) is 26.4 Å². The molecular weight excluding hydrogens is 1220 g/mol.